The summed E-state index contributed by atoms with van der Waals surface area (Å²) < 4.78 is 16.2. The first-order valence-electron chi connectivity index (χ1n) is 8.55. The van der Waals surface area contributed by atoms with Gasteiger partial charge in [0.15, 0.2) is 0 Å². The van der Waals surface area contributed by atoms with E-state index in [1.807, 2.05) is 38.1 Å². The number of carbonyl (C=O) groups is 1. The molecule has 0 unspecified atom stereocenters. The maximum atomic E-state index is 12.3. The van der Waals surface area contributed by atoms with E-state index in [9.17, 15) is 4.79 Å². The average molecular weight is 358 g/mol. The third-order valence-electron chi connectivity index (χ3n) is 3.60. The monoisotopic (exact) mass is 358 g/mol. The molecule has 6 nitrogen and oxygen atoms in total. The summed E-state index contributed by atoms with van der Waals surface area (Å²) in [4.78, 5) is 12.3. The van der Waals surface area contributed by atoms with Crippen LogP contribution in [0.3, 0.4) is 0 Å². The summed E-state index contributed by atoms with van der Waals surface area (Å²) in [7, 11) is 3.14. The molecule has 0 heterocycles. The van der Waals surface area contributed by atoms with E-state index in [4.69, 9.17) is 14.2 Å². The van der Waals surface area contributed by atoms with Crippen LogP contribution in [0.5, 0.6) is 17.2 Å². The molecule has 0 fully saturated rings. The largest absolute Gasteiger partial charge is 0.497 e. The van der Waals surface area contributed by atoms with Gasteiger partial charge in [-0.2, -0.15) is 0 Å². The van der Waals surface area contributed by atoms with Crippen molar-refractivity contribution in [3.05, 3.63) is 42.5 Å². The van der Waals surface area contributed by atoms with Crippen molar-refractivity contribution < 1.29 is 19.0 Å². The summed E-state index contributed by atoms with van der Waals surface area (Å²) in [5.41, 5.74) is 1.45. The van der Waals surface area contributed by atoms with Gasteiger partial charge in [0.1, 0.15) is 17.2 Å². The van der Waals surface area contributed by atoms with Gasteiger partial charge in [0.25, 0.3) is 0 Å². The van der Waals surface area contributed by atoms with E-state index in [-0.39, 0.29) is 12.0 Å². The second kappa shape index (κ2) is 9.56. The van der Waals surface area contributed by atoms with E-state index in [1.165, 1.54) is 0 Å². The fourth-order valence-electron chi connectivity index (χ4n) is 2.40. The van der Waals surface area contributed by atoms with E-state index >= 15 is 0 Å². The maximum Gasteiger partial charge on any atom is 0.226 e. The Labute approximate surface area is 154 Å². The predicted octanol–water partition coefficient (Wildman–Crippen LogP) is 3.93. The summed E-state index contributed by atoms with van der Waals surface area (Å²) in [6.45, 7) is 4.44. The second-order valence-corrected chi connectivity index (χ2v) is 5.95. The molecule has 0 saturated carbocycles. The highest BCUT2D eigenvalue weighted by molar-refractivity contribution is 5.92. The number of carbonyl (C=O) groups excluding carboxylic acids is 1. The molecule has 0 spiro atoms. The number of hydrogen-bond acceptors (Lipinski definition) is 5. The molecule has 0 aromatic heterocycles. The van der Waals surface area contributed by atoms with Crippen LogP contribution in [0.15, 0.2) is 42.5 Å². The van der Waals surface area contributed by atoms with Gasteiger partial charge in [-0.1, -0.05) is 12.1 Å². The highest BCUT2D eigenvalue weighted by atomic mass is 16.5. The van der Waals surface area contributed by atoms with Crippen LogP contribution < -0.4 is 24.8 Å². The van der Waals surface area contributed by atoms with Crippen molar-refractivity contribution in [3.63, 3.8) is 0 Å². The lowest BCUT2D eigenvalue weighted by molar-refractivity contribution is -0.116. The van der Waals surface area contributed by atoms with E-state index in [2.05, 4.69) is 10.6 Å². The molecule has 0 aliphatic heterocycles. The van der Waals surface area contributed by atoms with Crippen molar-refractivity contribution in [1.82, 2.24) is 0 Å². The van der Waals surface area contributed by atoms with E-state index in [1.54, 1.807) is 32.4 Å². The van der Waals surface area contributed by atoms with E-state index in [0.717, 1.165) is 11.4 Å². The third-order valence-corrected chi connectivity index (χ3v) is 3.60. The molecule has 0 saturated heterocycles. The normalized spacial score (nSPS) is 10.3. The highest BCUT2D eigenvalue weighted by Crippen LogP contribution is 2.29. The van der Waals surface area contributed by atoms with Gasteiger partial charge in [0.05, 0.1) is 31.7 Å². The molecule has 26 heavy (non-hydrogen) atoms. The Hall–Kier alpha value is -2.89. The zero-order valence-electron chi connectivity index (χ0n) is 15.7. The summed E-state index contributed by atoms with van der Waals surface area (Å²) in [6, 6.07) is 13.0. The van der Waals surface area contributed by atoms with Crippen LogP contribution in [0.4, 0.5) is 11.4 Å². The van der Waals surface area contributed by atoms with Crippen molar-refractivity contribution >= 4 is 17.3 Å². The number of ether oxygens (including phenoxy) is 3. The number of benzene rings is 2. The number of hydrogen-bond donors (Lipinski definition) is 2. The van der Waals surface area contributed by atoms with Gasteiger partial charge in [0.2, 0.25) is 5.91 Å². The molecule has 0 atom stereocenters. The van der Waals surface area contributed by atoms with E-state index in [0.29, 0.717) is 30.2 Å². The molecule has 1 amide bonds. The first-order valence-corrected chi connectivity index (χ1v) is 8.55. The Kier molecular flexibility index (Phi) is 7.14. The Morgan fingerprint density at radius 2 is 1.77 bits per heavy atom. The quantitative estimate of drug-likeness (QED) is 0.711. The van der Waals surface area contributed by atoms with Crippen LogP contribution >= 0.6 is 0 Å². The molecule has 2 rings (SSSR count). The summed E-state index contributed by atoms with van der Waals surface area (Å²) in [5.74, 6) is 1.89. The lowest BCUT2D eigenvalue weighted by Crippen LogP contribution is -2.17. The number of nitrogens with one attached hydrogen (secondary N) is 2. The molecule has 2 N–H and O–H groups in total. The molecule has 0 aliphatic carbocycles. The molecule has 0 bridgehead atoms. The Bertz CT molecular complexity index is 732. The average Bonchev–Trinajstić information content (AvgIpc) is 2.62. The van der Waals surface area contributed by atoms with Gasteiger partial charge in [-0.05, 0) is 38.1 Å². The molecule has 0 radical (unpaired) electrons. The molecule has 6 heteroatoms. The summed E-state index contributed by atoms with van der Waals surface area (Å²) >= 11 is 0. The van der Waals surface area contributed by atoms with E-state index < -0.39 is 0 Å². The van der Waals surface area contributed by atoms with Gasteiger partial charge in [-0.3, -0.25) is 4.79 Å². The Balaban J connectivity index is 1.92. The van der Waals surface area contributed by atoms with Crippen molar-refractivity contribution in [2.45, 2.75) is 26.4 Å². The van der Waals surface area contributed by atoms with Gasteiger partial charge < -0.3 is 24.8 Å². The zero-order chi connectivity index (χ0) is 18.9. The minimum absolute atomic E-state index is 0.0850. The van der Waals surface area contributed by atoms with Crippen molar-refractivity contribution in [3.8, 4) is 17.2 Å². The molecule has 2 aromatic carbocycles. The molecular weight excluding hydrogens is 332 g/mol. The fraction of sp³-hybridized carbons (Fsp3) is 0.350. The Morgan fingerprint density at radius 1 is 1.00 bits per heavy atom. The summed E-state index contributed by atoms with van der Waals surface area (Å²) in [6.07, 6.45) is 0.387. The van der Waals surface area contributed by atoms with Crippen LogP contribution in [0.1, 0.15) is 20.3 Å². The molecule has 140 valence electrons. The topological polar surface area (TPSA) is 68.8 Å². The molecule has 0 aliphatic rings. The van der Waals surface area contributed by atoms with Crippen LogP contribution in [0, 0.1) is 0 Å². The lowest BCUT2D eigenvalue weighted by Gasteiger charge is -2.15. The smallest absolute Gasteiger partial charge is 0.226 e. The van der Waals surface area contributed by atoms with Gasteiger partial charge in [0, 0.05) is 19.0 Å². The van der Waals surface area contributed by atoms with Crippen molar-refractivity contribution in [2.75, 3.05) is 31.4 Å². The van der Waals surface area contributed by atoms with Crippen molar-refractivity contribution in [1.29, 1.82) is 0 Å². The number of rotatable bonds is 9. The molecule has 2 aromatic rings. The minimum Gasteiger partial charge on any atom is -0.497 e. The van der Waals surface area contributed by atoms with Crippen LogP contribution in [0.25, 0.3) is 0 Å². The van der Waals surface area contributed by atoms with Crippen LogP contribution in [0.2, 0.25) is 0 Å². The van der Waals surface area contributed by atoms with Gasteiger partial charge in [-0.15, -0.1) is 0 Å². The minimum atomic E-state index is -0.119. The lowest BCUT2D eigenvalue weighted by atomic mass is 10.2. The zero-order valence-corrected chi connectivity index (χ0v) is 15.7. The van der Waals surface area contributed by atoms with Crippen LogP contribution in [-0.2, 0) is 4.79 Å². The second-order valence-electron chi connectivity index (χ2n) is 5.95. The standard InChI is InChI=1S/C20H26N2O4/c1-14(2)26-19-8-6-5-7-16(19)21-12-11-20(23)22-17-13-15(24-3)9-10-18(17)25-4/h5-10,13-14,21H,11-12H2,1-4H3,(H,22,23). The van der Waals surface area contributed by atoms with Crippen LogP contribution in [-0.4, -0.2) is 32.8 Å². The molecular formula is C20H26N2O4. The third kappa shape index (κ3) is 5.58. The van der Waals surface area contributed by atoms with Crippen molar-refractivity contribution in [2.24, 2.45) is 0 Å². The number of amides is 1. The first kappa shape index (κ1) is 19.4. The number of methoxy groups -OCH3 is 2. The predicted molar refractivity (Wildman–Crippen MR) is 103 cm³/mol. The first-order chi connectivity index (χ1) is 12.5. The number of para-hydroxylation sites is 2. The Morgan fingerprint density at radius 3 is 2.46 bits per heavy atom. The SMILES string of the molecule is COc1ccc(OC)c(NC(=O)CCNc2ccccc2OC(C)C)c1. The fourth-order valence-corrected chi connectivity index (χ4v) is 2.40. The highest BCUT2D eigenvalue weighted by Gasteiger charge is 2.10. The number of anilines is 2. The maximum absolute atomic E-state index is 12.3. The van der Waals surface area contributed by atoms with Gasteiger partial charge >= 0.3 is 0 Å². The summed E-state index contributed by atoms with van der Waals surface area (Å²) in [5, 5.41) is 6.10. The van der Waals surface area contributed by atoms with Gasteiger partial charge in [-0.25, -0.2) is 0 Å².